The molecule has 0 saturated heterocycles. The number of carboxylic acid groups (broad SMARTS) is 1. The van der Waals surface area contributed by atoms with E-state index in [1.165, 1.54) is 89.9 Å². The standard InChI is InChI=1S/C24H46O2/c1-4-6-8-10-12-13-14-15-17-19-21-23(22(3)24(25)26)20-18-16-11-9-7-5-2/h23H,3-21H2,1-2H3,(H,25,26). The number of aliphatic carboxylic acids is 1. The molecule has 26 heavy (non-hydrogen) atoms. The predicted octanol–water partition coefficient (Wildman–Crippen LogP) is 8.31. The molecule has 2 nitrogen and oxygen atoms in total. The average Bonchev–Trinajstić information content (AvgIpc) is 2.63. The van der Waals surface area contributed by atoms with E-state index >= 15 is 0 Å². The minimum absolute atomic E-state index is 0.188. The first kappa shape index (κ1) is 25.2. The Labute approximate surface area is 163 Å². The summed E-state index contributed by atoms with van der Waals surface area (Å²) in [6, 6.07) is 0. The van der Waals surface area contributed by atoms with Gasteiger partial charge in [0, 0.05) is 5.57 Å². The minimum atomic E-state index is -0.798. The number of carbonyl (C=O) groups is 1. The van der Waals surface area contributed by atoms with Crippen molar-refractivity contribution in [2.24, 2.45) is 5.92 Å². The zero-order valence-electron chi connectivity index (χ0n) is 17.9. The Balaban J connectivity index is 3.77. The Kier molecular flexibility index (Phi) is 18.4. The van der Waals surface area contributed by atoms with Crippen LogP contribution in [0.2, 0.25) is 0 Å². The minimum Gasteiger partial charge on any atom is -0.478 e. The summed E-state index contributed by atoms with van der Waals surface area (Å²) in [6.45, 7) is 8.35. The summed E-state index contributed by atoms with van der Waals surface area (Å²) in [4.78, 5) is 11.3. The third kappa shape index (κ3) is 15.5. The van der Waals surface area contributed by atoms with Crippen molar-refractivity contribution in [3.05, 3.63) is 12.2 Å². The Bertz CT molecular complexity index is 335. The molecule has 2 heteroatoms. The molecule has 0 aliphatic heterocycles. The summed E-state index contributed by atoms with van der Waals surface area (Å²) in [5, 5.41) is 9.29. The Morgan fingerprint density at radius 2 is 0.962 bits per heavy atom. The molecule has 0 bridgehead atoms. The van der Waals surface area contributed by atoms with Gasteiger partial charge < -0.3 is 5.11 Å². The zero-order chi connectivity index (χ0) is 19.5. The van der Waals surface area contributed by atoms with E-state index in [0.29, 0.717) is 5.57 Å². The molecule has 0 fully saturated rings. The molecule has 0 aliphatic carbocycles. The molecule has 0 rings (SSSR count). The molecule has 1 unspecified atom stereocenters. The molecule has 0 spiro atoms. The number of carboxylic acids is 1. The van der Waals surface area contributed by atoms with Crippen molar-refractivity contribution in [2.45, 2.75) is 129 Å². The van der Waals surface area contributed by atoms with Gasteiger partial charge in [0.15, 0.2) is 0 Å². The molecule has 0 saturated carbocycles. The van der Waals surface area contributed by atoms with Gasteiger partial charge in [0.1, 0.15) is 0 Å². The van der Waals surface area contributed by atoms with Crippen LogP contribution in [-0.4, -0.2) is 11.1 Å². The van der Waals surface area contributed by atoms with Gasteiger partial charge in [-0.1, -0.05) is 123 Å². The SMILES string of the molecule is C=C(C(=O)O)C(CCCCCCCC)CCCCCCCCCCCC. The van der Waals surface area contributed by atoms with E-state index in [1.807, 2.05) is 0 Å². The number of rotatable bonds is 20. The molecule has 0 aliphatic rings. The van der Waals surface area contributed by atoms with E-state index in [-0.39, 0.29) is 5.92 Å². The average molecular weight is 367 g/mol. The maximum atomic E-state index is 11.3. The molecular formula is C24H46O2. The maximum absolute atomic E-state index is 11.3. The van der Waals surface area contributed by atoms with Crippen LogP contribution >= 0.6 is 0 Å². The third-order valence-corrected chi connectivity index (χ3v) is 5.58. The molecule has 0 radical (unpaired) electrons. The molecule has 0 aromatic carbocycles. The quantitative estimate of drug-likeness (QED) is 0.174. The van der Waals surface area contributed by atoms with Crippen LogP contribution in [0.5, 0.6) is 0 Å². The van der Waals surface area contributed by atoms with Crippen molar-refractivity contribution in [3.63, 3.8) is 0 Å². The van der Waals surface area contributed by atoms with Crippen molar-refractivity contribution >= 4 is 5.97 Å². The molecule has 1 atom stereocenters. The second-order valence-electron chi connectivity index (χ2n) is 8.05. The first-order valence-electron chi connectivity index (χ1n) is 11.6. The summed E-state index contributed by atoms with van der Waals surface area (Å²) < 4.78 is 0. The highest BCUT2D eigenvalue weighted by atomic mass is 16.4. The summed E-state index contributed by atoms with van der Waals surface area (Å²) in [5.41, 5.74) is 0.439. The summed E-state index contributed by atoms with van der Waals surface area (Å²) in [5.74, 6) is -0.610. The van der Waals surface area contributed by atoms with E-state index in [4.69, 9.17) is 0 Å². The van der Waals surface area contributed by atoms with E-state index in [0.717, 1.165) is 25.7 Å². The van der Waals surface area contributed by atoms with Gasteiger partial charge in [0.05, 0.1) is 0 Å². The molecule has 0 heterocycles. The highest BCUT2D eigenvalue weighted by Crippen LogP contribution is 2.25. The molecule has 1 N–H and O–H groups in total. The van der Waals surface area contributed by atoms with Gasteiger partial charge in [0.25, 0.3) is 0 Å². The Hall–Kier alpha value is -0.790. The normalized spacial score (nSPS) is 12.2. The molecule has 0 amide bonds. The van der Waals surface area contributed by atoms with Gasteiger partial charge in [-0.25, -0.2) is 4.79 Å². The van der Waals surface area contributed by atoms with Crippen LogP contribution in [0.25, 0.3) is 0 Å². The van der Waals surface area contributed by atoms with E-state index in [2.05, 4.69) is 20.4 Å². The van der Waals surface area contributed by atoms with Crippen molar-refractivity contribution in [1.29, 1.82) is 0 Å². The van der Waals surface area contributed by atoms with Gasteiger partial charge in [-0.2, -0.15) is 0 Å². The van der Waals surface area contributed by atoms with Crippen LogP contribution in [-0.2, 0) is 4.79 Å². The Morgan fingerprint density at radius 1 is 0.654 bits per heavy atom. The van der Waals surface area contributed by atoms with Crippen molar-refractivity contribution in [3.8, 4) is 0 Å². The summed E-state index contributed by atoms with van der Waals surface area (Å²) >= 11 is 0. The lowest BCUT2D eigenvalue weighted by Crippen LogP contribution is -2.12. The smallest absolute Gasteiger partial charge is 0.331 e. The summed E-state index contributed by atoms with van der Waals surface area (Å²) in [6.07, 6.45) is 22.9. The maximum Gasteiger partial charge on any atom is 0.331 e. The van der Waals surface area contributed by atoms with Crippen LogP contribution in [0.3, 0.4) is 0 Å². The first-order chi connectivity index (χ1) is 12.6. The third-order valence-electron chi connectivity index (χ3n) is 5.58. The highest BCUT2D eigenvalue weighted by Gasteiger charge is 2.17. The van der Waals surface area contributed by atoms with Crippen LogP contribution in [0.4, 0.5) is 0 Å². The lowest BCUT2D eigenvalue weighted by atomic mass is 9.88. The fraction of sp³-hybridized carbons (Fsp3) is 0.875. The van der Waals surface area contributed by atoms with Gasteiger partial charge in [0.2, 0.25) is 0 Å². The fourth-order valence-corrected chi connectivity index (χ4v) is 3.72. The van der Waals surface area contributed by atoms with Crippen LogP contribution in [0.15, 0.2) is 12.2 Å². The van der Waals surface area contributed by atoms with Gasteiger partial charge >= 0.3 is 5.97 Å². The van der Waals surface area contributed by atoms with Crippen LogP contribution in [0, 0.1) is 5.92 Å². The van der Waals surface area contributed by atoms with E-state index < -0.39 is 5.97 Å². The highest BCUT2D eigenvalue weighted by molar-refractivity contribution is 5.86. The van der Waals surface area contributed by atoms with Crippen LogP contribution < -0.4 is 0 Å². The number of hydrogen-bond acceptors (Lipinski definition) is 1. The molecule has 0 aromatic rings. The molecule has 0 aromatic heterocycles. The predicted molar refractivity (Wildman–Crippen MR) is 115 cm³/mol. The fourth-order valence-electron chi connectivity index (χ4n) is 3.72. The number of hydrogen-bond donors (Lipinski definition) is 1. The molecule has 154 valence electrons. The van der Waals surface area contributed by atoms with Crippen molar-refractivity contribution in [2.75, 3.05) is 0 Å². The van der Waals surface area contributed by atoms with Gasteiger partial charge in [-0.05, 0) is 18.8 Å². The first-order valence-corrected chi connectivity index (χ1v) is 11.6. The number of unbranched alkanes of at least 4 members (excludes halogenated alkanes) is 14. The van der Waals surface area contributed by atoms with Gasteiger partial charge in [-0.3, -0.25) is 0 Å². The van der Waals surface area contributed by atoms with E-state index in [1.54, 1.807) is 0 Å². The lowest BCUT2D eigenvalue weighted by molar-refractivity contribution is -0.133. The second-order valence-corrected chi connectivity index (χ2v) is 8.05. The van der Waals surface area contributed by atoms with Crippen LogP contribution in [0.1, 0.15) is 129 Å². The summed E-state index contributed by atoms with van der Waals surface area (Å²) in [7, 11) is 0. The monoisotopic (exact) mass is 366 g/mol. The topological polar surface area (TPSA) is 37.3 Å². The largest absolute Gasteiger partial charge is 0.478 e. The van der Waals surface area contributed by atoms with E-state index in [9.17, 15) is 9.90 Å². The zero-order valence-corrected chi connectivity index (χ0v) is 17.9. The molecular weight excluding hydrogens is 320 g/mol. The second kappa shape index (κ2) is 19.0. The van der Waals surface area contributed by atoms with Gasteiger partial charge in [-0.15, -0.1) is 0 Å². The van der Waals surface area contributed by atoms with Crippen molar-refractivity contribution < 1.29 is 9.90 Å². The lowest BCUT2D eigenvalue weighted by Gasteiger charge is -2.17. The van der Waals surface area contributed by atoms with Crippen molar-refractivity contribution in [1.82, 2.24) is 0 Å². The Morgan fingerprint density at radius 3 is 1.27 bits per heavy atom.